The van der Waals surface area contributed by atoms with E-state index in [1.807, 2.05) is 5.38 Å². The summed E-state index contributed by atoms with van der Waals surface area (Å²) in [5.74, 6) is 0.552. The van der Waals surface area contributed by atoms with Crippen LogP contribution in [0.5, 0.6) is 5.75 Å². The van der Waals surface area contributed by atoms with Crippen LogP contribution in [0, 0.1) is 5.82 Å². The molecule has 2 heterocycles. The van der Waals surface area contributed by atoms with Gasteiger partial charge in [0, 0.05) is 4.47 Å². The number of halogens is 3. The van der Waals surface area contributed by atoms with Crippen molar-refractivity contribution in [2.24, 2.45) is 0 Å². The van der Waals surface area contributed by atoms with Crippen LogP contribution in [-0.2, 0) is 0 Å². The zero-order valence-electron chi connectivity index (χ0n) is 10.2. The molecule has 0 amide bonds. The van der Waals surface area contributed by atoms with Gasteiger partial charge in [-0.3, -0.25) is 0 Å². The highest BCUT2D eigenvalue weighted by molar-refractivity contribution is 9.10. The van der Waals surface area contributed by atoms with E-state index in [2.05, 4.69) is 25.9 Å². The van der Waals surface area contributed by atoms with E-state index in [-0.39, 0.29) is 10.7 Å². The van der Waals surface area contributed by atoms with Crippen molar-refractivity contribution in [1.29, 1.82) is 0 Å². The Kier molecular flexibility index (Phi) is 3.62. The molecule has 1 aromatic carbocycles. The van der Waals surface area contributed by atoms with Crippen LogP contribution in [0.15, 0.2) is 28.1 Å². The Morgan fingerprint density at radius 3 is 2.85 bits per heavy atom. The zero-order chi connectivity index (χ0) is 14.3. The second-order valence-electron chi connectivity index (χ2n) is 3.91. The van der Waals surface area contributed by atoms with Crippen LogP contribution in [0.3, 0.4) is 0 Å². The minimum absolute atomic E-state index is 0.185. The van der Waals surface area contributed by atoms with E-state index in [9.17, 15) is 4.39 Å². The molecule has 0 atom stereocenters. The summed E-state index contributed by atoms with van der Waals surface area (Å²) in [5.41, 5.74) is 0.185. The van der Waals surface area contributed by atoms with Gasteiger partial charge in [-0.1, -0.05) is 11.6 Å². The summed E-state index contributed by atoms with van der Waals surface area (Å²) in [6, 6.07) is 4.72. The van der Waals surface area contributed by atoms with Gasteiger partial charge in [-0.2, -0.15) is 0 Å². The molecule has 0 N–H and O–H groups in total. The first-order valence-corrected chi connectivity index (χ1v) is 7.60. The van der Waals surface area contributed by atoms with Gasteiger partial charge in [-0.25, -0.2) is 14.4 Å². The fraction of sp³-hybridized carbons (Fsp3) is 0.0769. The van der Waals surface area contributed by atoms with Crippen molar-refractivity contribution in [1.82, 2.24) is 9.97 Å². The highest BCUT2D eigenvalue weighted by Gasteiger charge is 2.17. The van der Waals surface area contributed by atoms with E-state index >= 15 is 0 Å². The second-order valence-corrected chi connectivity index (χ2v) is 6.04. The van der Waals surface area contributed by atoms with Crippen LogP contribution >= 0.6 is 38.9 Å². The van der Waals surface area contributed by atoms with Gasteiger partial charge in [0.2, 0.25) is 0 Å². The van der Waals surface area contributed by atoms with Crippen molar-refractivity contribution in [3.8, 4) is 16.5 Å². The van der Waals surface area contributed by atoms with Gasteiger partial charge in [-0.05, 0) is 39.5 Å². The third kappa shape index (κ3) is 2.17. The molecule has 0 aliphatic rings. The topological polar surface area (TPSA) is 35.0 Å². The summed E-state index contributed by atoms with van der Waals surface area (Å²) in [5, 5.41) is 2.52. The molecule has 3 nitrogen and oxygen atoms in total. The first-order valence-electron chi connectivity index (χ1n) is 5.55. The van der Waals surface area contributed by atoms with Crippen LogP contribution in [0.25, 0.3) is 21.6 Å². The van der Waals surface area contributed by atoms with Crippen LogP contribution < -0.4 is 4.74 Å². The Morgan fingerprint density at radius 2 is 2.10 bits per heavy atom. The number of nitrogens with zero attached hydrogens (tertiary/aromatic N) is 2. The van der Waals surface area contributed by atoms with Crippen molar-refractivity contribution in [3.63, 3.8) is 0 Å². The molecule has 0 unspecified atom stereocenters. The molecule has 0 bridgehead atoms. The minimum atomic E-state index is -0.440. The summed E-state index contributed by atoms with van der Waals surface area (Å²) < 4.78 is 19.8. The predicted molar refractivity (Wildman–Crippen MR) is 82.1 cm³/mol. The zero-order valence-corrected chi connectivity index (χ0v) is 13.3. The van der Waals surface area contributed by atoms with Gasteiger partial charge in [0.1, 0.15) is 27.1 Å². The Bertz CT molecular complexity index is 808. The Hall–Kier alpha value is -1.24. The number of benzene rings is 1. The summed E-state index contributed by atoms with van der Waals surface area (Å²) in [4.78, 5) is 9.24. The van der Waals surface area contributed by atoms with Crippen LogP contribution in [-0.4, -0.2) is 17.1 Å². The standard InChI is InChI=1S/C13H7BrClFN2OS/c1-19-8-4-5-20-11(8)13-17-10-7(16)3-2-6(14)9(10)12(15)18-13/h2-5H,1H3. The highest BCUT2D eigenvalue weighted by atomic mass is 79.9. The van der Waals surface area contributed by atoms with E-state index in [4.69, 9.17) is 16.3 Å². The molecule has 3 aromatic rings. The number of fused-ring (bicyclic) bond motifs is 1. The fourth-order valence-electron chi connectivity index (χ4n) is 1.85. The number of thiophene rings is 1. The Balaban J connectivity index is 2.32. The average Bonchev–Trinajstić information content (AvgIpc) is 2.91. The highest BCUT2D eigenvalue weighted by Crippen LogP contribution is 2.37. The van der Waals surface area contributed by atoms with Crippen molar-refractivity contribution >= 4 is 49.8 Å². The molecular weight excluding hydrogens is 367 g/mol. The summed E-state index contributed by atoms with van der Waals surface area (Å²) >= 11 is 10.9. The molecule has 0 saturated carbocycles. The number of aromatic nitrogens is 2. The first-order chi connectivity index (χ1) is 9.61. The summed E-state index contributed by atoms with van der Waals surface area (Å²) in [6.45, 7) is 0. The summed E-state index contributed by atoms with van der Waals surface area (Å²) in [6.07, 6.45) is 0. The Morgan fingerprint density at radius 1 is 1.30 bits per heavy atom. The van der Waals surface area contributed by atoms with E-state index < -0.39 is 5.82 Å². The molecule has 3 rings (SSSR count). The lowest BCUT2D eigenvalue weighted by Gasteiger charge is -2.07. The lowest BCUT2D eigenvalue weighted by atomic mass is 10.2. The molecule has 20 heavy (non-hydrogen) atoms. The molecule has 0 radical (unpaired) electrons. The maximum absolute atomic E-state index is 14.0. The average molecular weight is 374 g/mol. The van der Waals surface area contributed by atoms with E-state index in [1.54, 1.807) is 19.2 Å². The van der Waals surface area contributed by atoms with E-state index in [0.29, 0.717) is 21.4 Å². The maximum Gasteiger partial charge on any atom is 0.175 e. The lowest BCUT2D eigenvalue weighted by molar-refractivity contribution is 0.418. The number of hydrogen-bond donors (Lipinski definition) is 0. The van der Waals surface area contributed by atoms with Gasteiger partial charge >= 0.3 is 0 Å². The Labute approximate surface area is 131 Å². The van der Waals surface area contributed by atoms with Crippen molar-refractivity contribution < 1.29 is 9.13 Å². The number of methoxy groups -OCH3 is 1. The molecular formula is C13H7BrClFN2OS. The first kappa shape index (κ1) is 13.7. The van der Waals surface area contributed by atoms with Crippen molar-refractivity contribution in [2.45, 2.75) is 0 Å². The lowest BCUT2D eigenvalue weighted by Crippen LogP contribution is -1.95. The molecule has 0 saturated heterocycles. The second kappa shape index (κ2) is 5.27. The quantitative estimate of drug-likeness (QED) is 0.598. The van der Waals surface area contributed by atoms with E-state index in [1.165, 1.54) is 17.4 Å². The normalized spacial score (nSPS) is 11.0. The molecule has 2 aromatic heterocycles. The van der Waals surface area contributed by atoms with Gasteiger partial charge < -0.3 is 4.74 Å². The molecule has 0 spiro atoms. The van der Waals surface area contributed by atoms with Crippen molar-refractivity contribution in [2.75, 3.05) is 7.11 Å². The molecule has 0 fully saturated rings. The van der Waals surface area contributed by atoms with Gasteiger partial charge in [-0.15, -0.1) is 11.3 Å². The van der Waals surface area contributed by atoms with E-state index in [0.717, 1.165) is 4.88 Å². The van der Waals surface area contributed by atoms with Crippen LogP contribution in [0.2, 0.25) is 5.15 Å². The minimum Gasteiger partial charge on any atom is -0.495 e. The van der Waals surface area contributed by atoms with Crippen LogP contribution in [0.1, 0.15) is 0 Å². The molecule has 102 valence electrons. The molecule has 7 heteroatoms. The SMILES string of the molecule is COc1ccsc1-c1nc(Cl)c2c(Br)ccc(F)c2n1. The van der Waals surface area contributed by atoms with Crippen LogP contribution in [0.4, 0.5) is 4.39 Å². The molecule has 0 aliphatic carbocycles. The molecule has 0 aliphatic heterocycles. The van der Waals surface area contributed by atoms with Gasteiger partial charge in [0.25, 0.3) is 0 Å². The predicted octanol–water partition coefficient (Wildman–Crippen LogP) is 4.92. The van der Waals surface area contributed by atoms with Gasteiger partial charge in [0.05, 0.1) is 12.5 Å². The largest absolute Gasteiger partial charge is 0.495 e. The van der Waals surface area contributed by atoms with Crippen molar-refractivity contribution in [3.05, 3.63) is 39.0 Å². The fourth-order valence-corrected chi connectivity index (χ4v) is 3.53. The summed E-state index contributed by atoms with van der Waals surface area (Å²) in [7, 11) is 1.56. The monoisotopic (exact) mass is 372 g/mol. The van der Waals surface area contributed by atoms with Gasteiger partial charge in [0.15, 0.2) is 5.82 Å². The number of hydrogen-bond acceptors (Lipinski definition) is 4. The smallest absolute Gasteiger partial charge is 0.175 e. The third-order valence-corrected chi connectivity index (χ3v) is 4.58. The number of ether oxygens (including phenoxy) is 1. The maximum atomic E-state index is 14.0. The number of rotatable bonds is 2. The third-order valence-electron chi connectivity index (χ3n) is 2.76.